The third kappa shape index (κ3) is 1.17. The first-order valence-electron chi connectivity index (χ1n) is 4.58. The molecular formula is C10H8BrFN2. The average Bonchev–Trinajstić information content (AvgIpc) is 2.87. The Morgan fingerprint density at radius 2 is 2.21 bits per heavy atom. The largest absolute Gasteiger partial charge is 0.262 e. The van der Waals surface area contributed by atoms with Gasteiger partial charge < -0.3 is 0 Å². The lowest BCUT2D eigenvalue weighted by Gasteiger charge is -2.00. The van der Waals surface area contributed by atoms with Crippen molar-refractivity contribution in [2.75, 3.05) is 0 Å². The van der Waals surface area contributed by atoms with Crippen LogP contribution in [0.5, 0.6) is 0 Å². The quantitative estimate of drug-likeness (QED) is 0.764. The molecule has 1 aromatic carbocycles. The van der Waals surface area contributed by atoms with Crippen molar-refractivity contribution in [2.24, 2.45) is 0 Å². The number of halogens is 2. The number of aromatic nitrogens is 2. The van der Waals surface area contributed by atoms with Crippen molar-refractivity contribution in [3.63, 3.8) is 0 Å². The van der Waals surface area contributed by atoms with E-state index in [0.29, 0.717) is 6.04 Å². The first kappa shape index (κ1) is 8.41. The second-order valence-electron chi connectivity index (χ2n) is 3.64. The molecule has 0 spiro atoms. The summed E-state index contributed by atoms with van der Waals surface area (Å²) in [6.07, 6.45) is 4.10. The van der Waals surface area contributed by atoms with Crippen LogP contribution in [0.2, 0.25) is 0 Å². The van der Waals surface area contributed by atoms with Crippen LogP contribution in [-0.4, -0.2) is 9.78 Å². The van der Waals surface area contributed by atoms with Gasteiger partial charge in [-0.1, -0.05) is 0 Å². The van der Waals surface area contributed by atoms with E-state index in [0.717, 1.165) is 28.2 Å². The van der Waals surface area contributed by atoms with Crippen molar-refractivity contribution < 1.29 is 4.39 Å². The van der Waals surface area contributed by atoms with Crippen LogP contribution in [0.4, 0.5) is 4.39 Å². The fraction of sp³-hybridized carbons (Fsp3) is 0.300. The van der Waals surface area contributed by atoms with Crippen molar-refractivity contribution in [2.45, 2.75) is 18.9 Å². The third-order valence-electron chi connectivity index (χ3n) is 2.52. The fourth-order valence-corrected chi connectivity index (χ4v) is 2.20. The smallest absolute Gasteiger partial charge is 0.126 e. The van der Waals surface area contributed by atoms with E-state index < -0.39 is 0 Å². The van der Waals surface area contributed by atoms with Crippen LogP contribution >= 0.6 is 15.9 Å². The molecule has 3 rings (SSSR count). The van der Waals surface area contributed by atoms with Gasteiger partial charge in [0.15, 0.2) is 0 Å². The summed E-state index contributed by atoms with van der Waals surface area (Å²) in [7, 11) is 0. The zero-order chi connectivity index (χ0) is 9.71. The van der Waals surface area contributed by atoms with Crippen LogP contribution in [-0.2, 0) is 0 Å². The Hall–Kier alpha value is -0.900. The van der Waals surface area contributed by atoms with Crippen molar-refractivity contribution in [3.8, 4) is 0 Å². The van der Waals surface area contributed by atoms with Crippen molar-refractivity contribution in [1.82, 2.24) is 9.78 Å². The molecule has 1 fully saturated rings. The molecule has 1 aromatic heterocycles. The molecule has 2 nitrogen and oxygen atoms in total. The molecule has 0 saturated heterocycles. The number of rotatable bonds is 1. The Balaban J connectivity index is 2.33. The SMILES string of the molecule is Fc1cc(Br)c2cnn(C3CC3)c2c1. The minimum absolute atomic E-state index is 0.216. The maximum absolute atomic E-state index is 13.2. The van der Waals surface area contributed by atoms with Crippen molar-refractivity contribution in [1.29, 1.82) is 0 Å². The monoisotopic (exact) mass is 254 g/mol. The highest BCUT2D eigenvalue weighted by atomic mass is 79.9. The normalized spacial score (nSPS) is 16.4. The van der Waals surface area contributed by atoms with Crippen LogP contribution in [0, 0.1) is 5.82 Å². The van der Waals surface area contributed by atoms with Gasteiger partial charge in [0.05, 0.1) is 17.8 Å². The lowest BCUT2D eigenvalue weighted by Crippen LogP contribution is -1.95. The summed E-state index contributed by atoms with van der Waals surface area (Å²) in [5.41, 5.74) is 0.888. The molecule has 14 heavy (non-hydrogen) atoms. The highest BCUT2D eigenvalue weighted by Crippen LogP contribution is 2.37. The minimum Gasteiger partial charge on any atom is -0.262 e. The molecule has 1 heterocycles. The number of hydrogen-bond acceptors (Lipinski definition) is 1. The molecule has 0 amide bonds. The Kier molecular flexibility index (Phi) is 1.68. The Morgan fingerprint density at radius 1 is 1.43 bits per heavy atom. The van der Waals surface area contributed by atoms with Gasteiger partial charge in [0.2, 0.25) is 0 Å². The number of hydrogen-bond donors (Lipinski definition) is 0. The number of benzene rings is 1. The molecule has 1 aliphatic rings. The predicted octanol–water partition coefficient (Wildman–Crippen LogP) is 3.27. The van der Waals surface area contributed by atoms with Crippen LogP contribution in [0.3, 0.4) is 0 Å². The van der Waals surface area contributed by atoms with E-state index in [9.17, 15) is 4.39 Å². The van der Waals surface area contributed by atoms with Crippen molar-refractivity contribution in [3.05, 3.63) is 28.6 Å². The Bertz CT molecular complexity index is 502. The summed E-state index contributed by atoms with van der Waals surface area (Å²) in [5.74, 6) is -0.216. The lowest BCUT2D eigenvalue weighted by molar-refractivity contribution is 0.623. The van der Waals surface area contributed by atoms with E-state index in [-0.39, 0.29) is 5.82 Å². The molecule has 1 saturated carbocycles. The standard InChI is InChI=1S/C10H8BrFN2/c11-9-3-6(12)4-10-8(9)5-13-14(10)7-1-2-7/h3-5,7H,1-2H2. The van der Waals surface area contributed by atoms with Gasteiger partial charge in [0, 0.05) is 9.86 Å². The minimum atomic E-state index is -0.216. The highest BCUT2D eigenvalue weighted by Gasteiger charge is 2.26. The van der Waals surface area contributed by atoms with Crippen LogP contribution in [0.15, 0.2) is 22.8 Å². The average molecular weight is 255 g/mol. The molecule has 0 radical (unpaired) electrons. The van der Waals surface area contributed by atoms with Gasteiger partial charge in [-0.05, 0) is 40.9 Å². The molecule has 4 heteroatoms. The Labute approximate surface area is 88.8 Å². The maximum Gasteiger partial charge on any atom is 0.126 e. The van der Waals surface area contributed by atoms with Crippen molar-refractivity contribution >= 4 is 26.8 Å². The van der Waals surface area contributed by atoms with E-state index in [1.54, 1.807) is 12.3 Å². The summed E-state index contributed by atoms with van der Waals surface area (Å²) in [6, 6.07) is 3.51. The van der Waals surface area contributed by atoms with Crippen LogP contribution in [0.1, 0.15) is 18.9 Å². The zero-order valence-corrected chi connectivity index (χ0v) is 8.96. The molecule has 0 atom stereocenters. The van der Waals surface area contributed by atoms with Gasteiger partial charge in [-0.3, -0.25) is 4.68 Å². The second kappa shape index (κ2) is 2.79. The summed E-state index contributed by atoms with van der Waals surface area (Å²) < 4.78 is 15.9. The third-order valence-corrected chi connectivity index (χ3v) is 3.18. The van der Waals surface area contributed by atoms with Gasteiger partial charge >= 0.3 is 0 Å². The summed E-state index contributed by atoms with van der Waals surface area (Å²) in [4.78, 5) is 0. The van der Waals surface area contributed by atoms with Gasteiger partial charge in [-0.2, -0.15) is 5.10 Å². The molecule has 0 bridgehead atoms. The van der Waals surface area contributed by atoms with Gasteiger partial charge in [-0.15, -0.1) is 0 Å². The maximum atomic E-state index is 13.2. The topological polar surface area (TPSA) is 17.8 Å². The number of nitrogens with zero attached hydrogens (tertiary/aromatic N) is 2. The molecule has 0 aliphatic heterocycles. The molecule has 1 aliphatic carbocycles. The van der Waals surface area contributed by atoms with Crippen LogP contribution < -0.4 is 0 Å². The summed E-state index contributed by atoms with van der Waals surface area (Å²) in [5, 5.41) is 5.26. The Morgan fingerprint density at radius 3 is 2.93 bits per heavy atom. The van der Waals surface area contributed by atoms with E-state index in [1.807, 2.05) is 4.68 Å². The summed E-state index contributed by atoms with van der Waals surface area (Å²) in [6.45, 7) is 0. The van der Waals surface area contributed by atoms with E-state index in [4.69, 9.17) is 0 Å². The molecule has 0 unspecified atom stereocenters. The van der Waals surface area contributed by atoms with Crippen LogP contribution in [0.25, 0.3) is 10.9 Å². The first-order valence-corrected chi connectivity index (χ1v) is 5.37. The van der Waals surface area contributed by atoms with E-state index in [2.05, 4.69) is 21.0 Å². The zero-order valence-electron chi connectivity index (χ0n) is 7.37. The van der Waals surface area contributed by atoms with E-state index >= 15 is 0 Å². The lowest BCUT2D eigenvalue weighted by atomic mass is 10.2. The van der Waals surface area contributed by atoms with Gasteiger partial charge in [0.25, 0.3) is 0 Å². The predicted molar refractivity (Wildman–Crippen MR) is 55.7 cm³/mol. The highest BCUT2D eigenvalue weighted by molar-refractivity contribution is 9.10. The van der Waals surface area contributed by atoms with E-state index in [1.165, 1.54) is 6.07 Å². The van der Waals surface area contributed by atoms with Gasteiger partial charge in [0.1, 0.15) is 5.82 Å². The first-order chi connectivity index (χ1) is 6.75. The molecular weight excluding hydrogens is 247 g/mol. The molecule has 0 N–H and O–H groups in total. The van der Waals surface area contributed by atoms with Gasteiger partial charge in [-0.25, -0.2) is 4.39 Å². The fourth-order valence-electron chi connectivity index (χ4n) is 1.68. The molecule has 2 aromatic rings. The molecule has 72 valence electrons. The summed E-state index contributed by atoms with van der Waals surface area (Å²) >= 11 is 3.34. The second-order valence-corrected chi connectivity index (χ2v) is 4.50. The number of fused-ring (bicyclic) bond motifs is 1.